The number of hydrogen-bond donors (Lipinski definition) is 3. The number of aliphatic hydroxyl groups is 1. The number of hydrogen-bond acceptors (Lipinski definition) is 4. The first-order chi connectivity index (χ1) is 12.6. The summed E-state index contributed by atoms with van der Waals surface area (Å²) in [5, 5.41) is 12.4. The summed E-state index contributed by atoms with van der Waals surface area (Å²) in [6.07, 6.45) is -5.59. The van der Waals surface area contributed by atoms with Crippen LogP contribution in [0.5, 0.6) is 5.75 Å². The Hall–Kier alpha value is -2.29. The maximum absolute atomic E-state index is 12.7. The highest BCUT2D eigenvalue weighted by Gasteiger charge is 2.31. The Morgan fingerprint density at radius 1 is 1.14 bits per heavy atom. The quantitative estimate of drug-likeness (QED) is 0.645. The third-order valence-electron chi connectivity index (χ3n) is 3.95. The molecule has 0 aliphatic carbocycles. The summed E-state index contributed by atoms with van der Waals surface area (Å²) < 4.78 is 43.2. The van der Waals surface area contributed by atoms with Crippen LogP contribution in [0.2, 0.25) is 0 Å². The van der Waals surface area contributed by atoms with Crippen LogP contribution in [0.3, 0.4) is 0 Å². The molecule has 0 saturated heterocycles. The van der Waals surface area contributed by atoms with E-state index in [9.17, 15) is 23.1 Å². The van der Waals surface area contributed by atoms with E-state index in [0.29, 0.717) is 5.56 Å². The van der Waals surface area contributed by atoms with Gasteiger partial charge in [-0.25, -0.2) is 0 Å². The predicted molar refractivity (Wildman–Crippen MR) is 101 cm³/mol. The molecule has 1 amide bonds. The number of ether oxygens (including phenoxy) is 1. The molecule has 2 atom stereocenters. The highest BCUT2D eigenvalue weighted by Crippen LogP contribution is 2.31. The van der Waals surface area contributed by atoms with Gasteiger partial charge in [0.05, 0.1) is 5.56 Å². The monoisotopic (exact) mass is 418 g/mol. The van der Waals surface area contributed by atoms with Crippen molar-refractivity contribution in [2.75, 3.05) is 13.2 Å². The van der Waals surface area contributed by atoms with Crippen molar-refractivity contribution in [2.45, 2.75) is 24.7 Å². The van der Waals surface area contributed by atoms with Gasteiger partial charge < -0.3 is 20.9 Å². The lowest BCUT2D eigenvalue weighted by atomic mass is 9.92. The Bertz CT molecular complexity index is 771. The van der Waals surface area contributed by atoms with Gasteiger partial charge in [0.1, 0.15) is 24.0 Å². The molecule has 2 aromatic rings. The first kappa shape index (κ1) is 23.7. The van der Waals surface area contributed by atoms with Crippen molar-refractivity contribution >= 4 is 18.3 Å². The summed E-state index contributed by atoms with van der Waals surface area (Å²) in [7, 11) is 0. The van der Waals surface area contributed by atoms with Crippen molar-refractivity contribution in [1.29, 1.82) is 0 Å². The Kier molecular flexibility index (Phi) is 8.29. The maximum Gasteiger partial charge on any atom is 0.416 e. The Balaban J connectivity index is 0.00000392. The summed E-state index contributed by atoms with van der Waals surface area (Å²) >= 11 is 0. The molecule has 0 aliphatic heterocycles. The van der Waals surface area contributed by atoms with Crippen LogP contribution >= 0.6 is 12.4 Å². The molecule has 154 valence electrons. The molecule has 5 nitrogen and oxygen atoms in total. The van der Waals surface area contributed by atoms with Crippen molar-refractivity contribution in [1.82, 2.24) is 5.32 Å². The lowest BCUT2D eigenvalue weighted by molar-refractivity contribution is -0.137. The number of aliphatic hydroxyl groups excluding tert-OH is 1. The average Bonchev–Trinajstić information content (AvgIpc) is 2.64. The first-order valence-electron chi connectivity index (χ1n) is 8.21. The van der Waals surface area contributed by atoms with E-state index >= 15 is 0 Å². The van der Waals surface area contributed by atoms with Gasteiger partial charge in [0.2, 0.25) is 5.91 Å². The van der Waals surface area contributed by atoms with E-state index in [4.69, 9.17) is 10.5 Å². The van der Waals surface area contributed by atoms with E-state index in [2.05, 4.69) is 5.32 Å². The van der Waals surface area contributed by atoms with Gasteiger partial charge in [-0.15, -0.1) is 12.4 Å². The molecule has 28 heavy (non-hydrogen) atoms. The van der Waals surface area contributed by atoms with Crippen LogP contribution in [-0.4, -0.2) is 30.3 Å². The van der Waals surface area contributed by atoms with E-state index in [1.807, 2.05) is 0 Å². The molecule has 2 rings (SSSR count). The predicted octanol–water partition coefficient (Wildman–Crippen LogP) is 2.86. The number of amides is 1. The van der Waals surface area contributed by atoms with E-state index in [-0.39, 0.29) is 31.3 Å². The number of rotatable bonds is 7. The van der Waals surface area contributed by atoms with Crippen LogP contribution in [0.4, 0.5) is 13.2 Å². The standard InChI is InChI=1S/C19H21F3N2O3.ClH/c1-18(23,13-6-3-2-4-7-13)17(26)24-11-15(25)12-27-16-9-5-8-14(10-16)19(20,21)22;/h2-10,15,25H,11-12,23H2,1H3,(H,24,26);1H. The van der Waals surface area contributed by atoms with Crippen LogP contribution in [0.25, 0.3) is 0 Å². The molecule has 9 heteroatoms. The molecule has 0 spiro atoms. The Labute approximate surface area is 167 Å². The molecular weight excluding hydrogens is 397 g/mol. The van der Waals surface area contributed by atoms with Crippen molar-refractivity contribution < 1.29 is 27.8 Å². The molecule has 2 unspecified atom stereocenters. The van der Waals surface area contributed by atoms with E-state index in [0.717, 1.165) is 12.1 Å². The van der Waals surface area contributed by atoms with Gasteiger partial charge in [-0.2, -0.15) is 13.2 Å². The number of alkyl halides is 3. The smallest absolute Gasteiger partial charge is 0.416 e. The molecular formula is C19H22ClF3N2O3. The highest BCUT2D eigenvalue weighted by molar-refractivity contribution is 5.87. The second-order valence-corrected chi connectivity index (χ2v) is 6.27. The lowest BCUT2D eigenvalue weighted by Crippen LogP contribution is -2.51. The maximum atomic E-state index is 12.7. The van der Waals surface area contributed by atoms with E-state index in [1.165, 1.54) is 12.1 Å². The highest BCUT2D eigenvalue weighted by atomic mass is 35.5. The number of benzene rings is 2. The van der Waals surface area contributed by atoms with Gasteiger partial charge in [0, 0.05) is 6.54 Å². The minimum atomic E-state index is -4.48. The molecule has 0 radical (unpaired) electrons. The zero-order valence-electron chi connectivity index (χ0n) is 15.1. The number of carbonyl (C=O) groups is 1. The molecule has 2 aromatic carbocycles. The minimum Gasteiger partial charge on any atom is -0.491 e. The summed E-state index contributed by atoms with van der Waals surface area (Å²) in [5.41, 5.74) is 4.54. The third-order valence-corrected chi connectivity index (χ3v) is 3.95. The van der Waals surface area contributed by atoms with Crippen molar-refractivity contribution in [3.8, 4) is 5.75 Å². The summed E-state index contributed by atoms with van der Waals surface area (Å²) in [6.45, 7) is 1.11. The number of nitrogens with two attached hydrogens (primary N) is 1. The largest absolute Gasteiger partial charge is 0.491 e. The number of halogens is 4. The van der Waals surface area contributed by atoms with Crippen LogP contribution in [0, 0.1) is 0 Å². The number of nitrogens with one attached hydrogen (secondary N) is 1. The minimum absolute atomic E-state index is 0. The fourth-order valence-electron chi connectivity index (χ4n) is 2.32. The summed E-state index contributed by atoms with van der Waals surface area (Å²) in [6, 6.07) is 13.1. The normalized spacial score (nSPS) is 14.4. The zero-order valence-corrected chi connectivity index (χ0v) is 15.9. The first-order valence-corrected chi connectivity index (χ1v) is 8.21. The Morgan fingerprint density at radius 2 is 1.75 bits per heavy atom. The number of carbonyl (C=O) groups excluding carboxylic acids is 1. The molecule has 0 fully saturated rings. The molecule has 0 heterocycles. The van der Waals surface area contributed by atoms with Gasteiger partial charge in [0.25, 0.3) is 0 Å². The molecule has 0 aliphatic rings. The van der Waals surface area contributed by atoms with Gasteiger partial charge in [-0.3, -0.25) is 4.79 Å². The average molecular weight is 419 g/mol. The Morgan fingerprint density at radius 3 is 2.36 bits per heavy atom. The lowest BCUT2D eigenvalue weighted by Gasteiger charge is -2.25. The molecule has 4 N–H and O–H groups in total. The molecule has 0 aromatic heterocycles. The zero-order chi connectivity index (χ0) is 20.1. The van der Waals surface area contributed by atoms with Crippen LogP contribution in [0.1, 0.15) is 18.1 Å². The van der Waals surface area contributed by atoms with E-state index < -0.39 is 29.3 Å². The van der Waals surface area contributed by atoms with Crippen molar-refractivity contribution in [2.24, 2.45) is 5.73 Å². The fourth-order valence-corrected chi connectivity index (χ4v) is 2.32. The van der Waals surface area contributed by atoms with Crippen LogP contribution in [0.15, 0.2) is 54.6 Å². The second-order valence-electron chi connectivity index (χ2n) is 6.27. The molecule has 0 saturated carbocycles. The van der Waals surface area contributed by atoms with Crippen LogP contribution in [-0.2, 0) is 16.5 Å². The van der Waals surface area contributed by atoms with Gasteiger partial charge in [0.15, 0.2) is 0 Å². The van der Waals surface area contributed by atoms with Gasteiger partial charge in [-0.05, 0) is 30.7 Å². The SMILES string of the molecule is CC(N)(C(=O)NCC(O)COc1cccc(C(F)(F)F)c1)c1ccccc1.Cl. The fraction of sp³-hybridized carbons (Fsp3) is 0.316. The second kappa shape index (κ2) is 9.77. The van der Waals surface area contributed by atoms with Crippen molar-refractivity contribution in [3.05, 3.63) is 65.7 Å². The van der Waals surface area contributed by atoms with Gasteiger partial charge >= 0.3 is 6.18 Å². The summed E-state index contributed by atoms with van der Waals surface area (Å²) in [5.74, 6) is -0.519. The molecule has 0 bridgehead atoms. The van der Waals surface area contributed by atoms with E-state index in [1.54, 1.807) is 37.3 Å². The summed E-state index contributed by atoms with van der Waals surface area (Å²) in [4.78, 5) is 12.3. The van der Waals surface area contributed by atoms with Crippen LogP contribution < -0.4 is 15.8 Å². The van der Waals surface area contributed by atoms with Crippen molar-refractivity contribution in [3.63, 3.8) is 0 Å². The van der Waals surface area contributed by atoms with Gasteiger partial charge in [-0.1, -0.05) is 36.4 Å². The third kappa shape index (κ3) is 6.40. The topological polar surface area (TPSA) is 84.6 Å².